The fraction of sp³-hybridized carbons (Fsp3) is 0.167. The van der Waals surface area contributed by atoms with Crippen molar-refractivity contribution in [2.45, 2.75) is 32.1 Å². The molecule has 0 radical (unpaired) electrons. The lowest BCUT2D eigenvalue weighted by Gasteiger charge is -2.24. The molecule has 1 aromatic heterocycles. The fourth-order valence-electron chi connectivity index (χ4n) is 3.56. The molecular weight excluding hydrogens is 446 g/mol. The summed E-state index contributed by atoms with van der Waals surface area (Å²) < 4.78 is 34.0. The maximum absolute atomic E-state index is 13.8. The largest absolute Gasteiger partial charge is 0.414 e. The molecule has 0 N–H and O–H groups in total. The van der Waals surface area contributed by atoms with Crippen LogP contribution in [0.1, 0.15) is 22.3 Å². The molecule has 0 atom stereocenters. The molecule has 0 aliphatic carbocycles. The molecule has 4 aromatic rings. The number of fused-ring (bicyclic) bond motifs is 1. The monoisotopic (exact) mass is 467 g/mol. The van der Waals surface area contributed by atoms with Crippen molar-refractivity contribution in [3.8, 4) is 0 Å². The zero-order valence-corrected chi connectivity index (χ0v) is 19.4. The fourth-order valence-corrected chi connectivity index (χ4v) is 5.97. The summed E-state index contributed by atoms with van der Waals surface area (Å²) in [7, 11) is -4.23. The third-order valence-electron chi connectivity index (χ3n) is 5.28. The third kappa shape index (κ3) is 4.11. The van der Waals surface area contributed by atoms with E-state index in [0.29, 0.717) is 21.4 Å². The zero-order valence-electron chi connectivity index (χ0n) is 17.8. The Labute approximate surface area is 189 Å². The van der Waals surface area contributed by atoms with Gasteiger partial charge in [0.2, 0.25) is 5.91 Å². The first-order valence-electron chi connectivity index (χ1n) is 9.90. The summed E-state index contributed by atoms with van der Waals surface area (Å²) in [4.78, 5) is 24.6. The number of benzene rings is 3. The van der Waals surface area contributed by atoms with Gasteiger partial charge >= 0.3 is 4.94 Å². The minimum Gasteiger partial charge on any atom is -0.414 e. The Kier molecular flexibility index (Phi) is 5.75. The Hall–Kier alpha value is -3.23. The number of hydrogen-bond acceptors (Lipinski definition) is 6. The normalized spacial score (nSPS) is 11.6. The third-order valence-corrected chi connectivity index (χ3v) is 7.96. The van der Waals surface area contributed by atoms with E-state index in [1.807, 2.05) is 19.9 Å². The number of amides is 1. The maximum Gasteiger partial charge on any atom is 0.396 e. The molecule has 164 valence electrons. The number of aryl methyl sites for hydroxylation is 3. The highest BCUT2D eigenvalue weighted by Gasteiger charge is 2.33. The first-order valence-corrected chi connectivity index (χ1v) is 12.2. The van der Waals surface area contributed by atoms with Gasteiger partial charge in [0.1, 0.15) is 5.58 Å². The molecule has 0 bridgehead atoms. The Balaban J connectivity index is 1.88. The van der Waals surface area contributed by atoms with Gasteiger partial charge in [0.15, 0.2) is 0 Å². The summed E-state index contributed by atoms with van der Waals surface area (Å²) in [5.41, 5.74) is 3.54. The highest BCUT2D eigenvalue weighted by molar-refractivity contribution is 7.93. The van der Waals surface area contributed by atoms with E-state index in [-0.39, 0.29) is 17.0 Å². The predicted octanol–water partition coefficient (Wildman–Crippen LogP) is 4.74. The second kappa shape index (κ2) is 8.37. The highest BCUT2D eigenvalue weighted by Crippen LogP contribution is 2.31. The van der Waals surface area contributed by atoms with E-state index < -0.39 is 20.9 Å². The molecule has 1 amide bonds. The van der Waals surface area contributed by atoms with Crippen molar-refractivity contribution in [3.63, 3.8) is 0 Å². The van der Waals surface area contributed by atoms with Crippen molar-refractivity contribution in [2.75, 3.05) is 4.31 Å². The zero-order chi connectivity index (χ0) is 23.0. The van der Waals surface area contributed by atoms with E-state index in [1.54, 1.807) is 43.3 Å². The van der Waals surface area contributed by atoms with Crippen LogP contribution in [-0.2, 0) is 21.2 Å². The second-order valence-corrected chi connectivity index (χ2v) is 10.3. The number of rotatable bonds is 5. The lowest BCUT2D eigenvalue weighted by atomic mass is 10.1. The Bertz CT molecular complexity index is 1480. The average molecular weight is 468 g/mol. The Morgan fingerprint density at radius 2 is 1.62 bits per heavy atom. The molecule has 0 spiro atoms. The van der Waals surface area contributed by atoms with Crippen molar-refractivity contribution in [3.05, 3.63) is 92.7 Å². The average Bonchev–Trinajstić information content (AvgIpc) is 3.10. The van der Waals surface area contributed by atoms with E-state index >= 15 is 0 Å². The van der Waals surface area contributed by atoms with Crippen molar-refractivity contribution < 1.29 is 17.6 Å². The standard InChI is InChI=1S/C24H21NO5S2/c1-15-11-17(3)22(12-16(15)2)32(28,29)25(23(26)13-18-7-5-4-6-8-18)19-9-10-20-21(14-19)31-24(27)30-20/h4-12,14H,13H2,1-3H3. The molecule has 4 rings (SSSR count). The van der Waals surface area contributed by atoms with Crippen molar-refractivity contribution in [2.24, 2.45) is 0 Å². The van der Waals surface area contributed by atoms with E-state index in [1.165, 1.54) is 18.2 Å². The number of carbonyl (C=O) groups excluding carboxylic acids is 1. The first-order chi connectivity index (χ1) is 15.2. The van der Waals surface area contributed by atoms with Crippen LogP contribution >= 0.6 is 11.3 Å². The van der Waals surface area contributed by atoms with Crippen LogP contribution < -0.4 is 9.24 Å². The molecular formula is C24H21NO5S2. The van der Waals surface area contributed by atoms with Crippen LogP contribution in [0.2, 0.25) is 0 Å². The first kappa shape index (κ1) is 22.0. The number of carbonyl (C=O) groups is 1. The van der Waals surface area contributed by atoms with Gasteiger partial charge in [-0.3, -0.25) is 4.79 Å². The molecule has 0 aliphatic rings. The topological polar surface area (TPSA) is 84.7 Å². The molecule has 0 fully saturated rings. The van der Waals surface area contributed by atoms with Crippen LogP contribution in [0.15, 0.2) is 74.8 Å². The molecule has 0 unspecified atom stereocenters. The van der Waals surface area contributed by atoms with Gasteiger partial charge in [0.05, 0.1) is 21.7 Å². The number of anilines is 1. The lowest BCUT2D eigenvalue weighted by molar-refractivity contribution is -0.116. The maximum atomic E-state index is 13.8. The van der Waals surface area contributed by atoms with Gasteiger partial charge in [-0.25, -0.2) is 17.5 Å². The summed E-state index contributed by atoms with van der Waals surface area (Å²) in [6, 6.07) is 16.9. The van der Waals surface area contributed by atoms with Crippen LogP contribution in [0.3, 0.4) is 0 Å². The summed E-state index contributed by atoms with van der Waals surface area (Å²) in [5, 5.41) is 0. The highest BCUT2D eigenvalue weighted by atomic mass is 32.2. The molecule has 0 saturated heterocycles. The van der Waals surface area contributed by atoms with Crippen molar-refractivity contribution >= 4 is 43.2 Å². The molecule has 0 aliphatic heterocycles. The molecule has 3 aromatic carbocycles. The Morgan fingerprint density at radius 1 is 0.938 bits per heavy atom. The number of hydrogen-bond donors (Lipinski definition) is 0. The van der Waals surface area contributed by atoms with E-state index in [0.717, 1.165) is 26.8 Å². The summed E-state index contributed by atoms with van der Waals surface area (Å²) in [5.74, 6) is -0.594. The van der Waals surface area contributed by atoms with Gasteiger partial charge in [0.25, 0.3) is 10.0 Å². The van der Waals surface area contributed by atoms with Gasteiger partial charge in [-0.05, 0) is 67.3 Å². The lowest BCUT2D eigenvalue weighted by Crippen LogP contribution is -2.38. The van der Waals surface area contributed by atoms with Gasteiger partial charge < -0.3 is 4.42 Å². The van der Waals surface area contributed by atoms with Crippen LogP contribution in [-0.4, -0.2) is 14.3 Å². The molecule has 6 nitrogen and oxygen atoms in total. The van der Waals surface area contributed by atoms with Gasteiger partial charge in [-0.15, -0.1) is 0 Å². The predicted molar refractivity (Wildman–Crippen MR) is 126 cm³/mol. The molecule has 8 heteroatoms. The van der Waals surface area contributed by atoms with Crippen LogP contribution in [0, 0.1) is 20.8 Å². The van der Waals surface area contributed by atoms with Crippen LogP contribution in [0.5, 0.6) is 0 Å². The second-order valence-electron chi connectivity index (χ2n) is 7.61. The van der Waals surface area contributed by atoms with Crippen LogP contribution in [0.4, 0.5) is 5.69 Å². The van der Waals surface area contributed by atoms with Crippen molar-refractivity contribution in [1.82, 2.24) is 0 Å². The van der Waals surface area contributed by atoms with E-state index in [9.17, 15) is 18.0 Å². The number of sulfonamides is 1. The molecule has 32 heavy (non-hydrogen) atoms. The SMILES string of the molecule is Cc1cc(C)c(S(=O)(=O)N(C(=O)Cc2ccccc2)c2ccc3oc(=O)sc3c2)cc1C. The summed E-state index contributed by atoms with van der Waals surface area (Å²) in [6.45, 7) is 5.45. The quantitative estimate of drug-likeness (QED) is 0.423. The van der Waals surface area contributed by atoms with Gasteiger partial charge in [-0.1, -0.05) is 47.7 Å². The summed E-state index contributed by atoms with van der Waals surface area (Å²) in [6.07, 6.45) is -0.0936. The summed E-state index contributed by atoms with van der Waals surface area (Å²) >= 11 is 0.858. The van der Waals surface area contributed by atoms with Gasteiger partial charge in [-0.2, -0.15) is 0 Å². The molecule has 1 heterocycles. The van der Waals surface area contributed by atoms with Crippen molar-refractivity contribution in [1.29, 1.82) is 0 Å². The van der Waals surface area contributed by atoms with Crippen LogP contribution in [0.25, 0.3) is 10.3 Å². The number of nitrogens with zero attached hydrogens (tertiary/aromatic N) is 1. The minimum absolute atomic E-state index is 0.0717. The molecule has 0 saturated carbocycles. The smallest absolute Gasteiger partial charge is 0.396 e. The minimum atomic E-state index is -4.23. The van der Waals surface area contributed by atoms with E-state index in [2.05, 4.69) is 0 Å². The van der Waals surface area contributed by atoms with Gasteiger partial charge in [0, 0.05) is 0 Å². The van der Waals surface area contributed by atoms with E-state index in [4.69, 9.17) is 4.42 Å². The Morgan fingerprint density at radius 3 is 2.34 bits per heavy atom.